The Hall–Kier alpha value is -3.57. The van der Waals surface area contributed by atoms with Crippen molar-refractivity contribution in [1.29, 1.82) is 5.26 Å². The first-order valence-electron chi connectivity index (χ1n) is 8.99. The normalized spacial score (nSPS) is 11.7. The molecule has 0 radical (unpaired) electrons. The number of pyridine rings is 1. The molecule has 7 nitrogen and oxygen atoms in total. The number of nitrogens with one attached hydrogen (secondary N) is 1. The summed E-state index contributed by atoms with van der Waals surface area (Å²) in [4.78, 5) is 16.0. The zero-order chi connectivity index (χ0) is 20.8. The number of hydrogen-bond donors (Lipinski definition) is 1. The molecule has 1 amide bonds. The fraction of sp³-hybridized carbons (Fsp3) is 0.238. The third kappa shape index (κ3) is 4.83. The summed E-state index contributed by atoms with van der Waals surface area (Å²) in [6.07, 6.45) is 3.73. The van der Waals surface area contributed by atoms with E-state index < -0.39 is 0 Å². The van der Waals surface area contributed by atoms with Crippen LogP contribution in [0, 0.1) is 17.1 Å². The molecule has 1 unspecified atom stereocenters. The number of ether oxygens (including phenoxy) is 1. The van der Waals surface area contributed by atoms with Crippen LogP contribution in [0.3, 0.4) is 0 Å². The molecule has 3 rings (SSSR count). The van der Waals surface area contributed by atoms with Crippen molar-refractivity contribution in [3.8, 4) is 28.5 Å². The number of nitrogens with zero attached hydrogens (tertiary/aromatic N) is 4. The van der Waals surface area contributed by atoms with Crippen LogP contribution in [0.25, 0.3) is 22.4 Å². The number of hydrogen-bond acceptors (Lipinski definition) is 5. The average molecular weight is 393 g/mol. The van der Waals surface area contributed by atoms with Gasteiger partial charge >= 0.3 is 0 Å². The van der Waals surface area contributed by atoms with Gasteiger partial charge in [0, 0.05) is 30.6 Å². The summed E-state index contributed by atoms with van der Waals surface area (Å²) in [7, 11) is 1.44. The fourth-order valence-electron chi connectivity index (χ4n) is 2.85. The van der Waals surface area contributed by atoms with E-state index in [4.69, 9.17) is 10.00 Å². The molecule has 1 N–H and O–H groups in total. The molecule has 0 aliphatic heterocycles. The van der Waals surface area contributed by atoms with Gasteiger partial charge < -0.3 is 10.1 Å². The van der Waals surface area contributed by atoms with E-state index in [1.165, 1.54) is 19.2 Å². The van der Waals surface area contributed by atoms with Crippen LogP contribution in [0.4, 0.5) is 10.2 Å². The second kappa shape index (κ2) is 9.08. The molecule has 8 heteroatoms. The van der Waals surface area contributed by atoms with Gasteiger partial charge in [0.1, 0.15) is 23.9 Å². The summed E-state index contributed by atoms with van der Waals surface area (Å²) < 4.78 is 19.9. The molecule has 0 saturated heterocycles. The lowest BCUT2D eigenvalue weighted by molar-refractivity contribution is -0.119. The third-order valence-corrected chi connectivity index (χ3v) is 4.30. The number of anilines is 1. The molecule has 29 heavy (non-hydrogen) atoms. The topological polar surface area (TPSA) is 92.8 Å². The smallest absolute Gasteiger partial charge is 0.251 e. The maximum absolute atomic E-state index is 13.4. The van der Waals surface area contributed by atoms with Crippen molar-refractivity contribution in [2.45, 2.75) is 19.4 Å². The monoisotopic (exact) mass is 393 g/mol. The summed E-state index contributed by atoms with van der Waals surface area (Å²) in [5, 5.41) is 16.3. The van der Waals surface area contributed by atoms with Gasteiger partial charge in [-0.15, -0.1) is 0 Å². The molecule has 1 aromatic carbocycles. The van der Waals surface area contributed by atoms with Crippen LogP contribution in [-0.4, -0.2) is 34.4 Å². The number of halogens is 1. The van der Waals surface area contributed by atoms with Crippen LogP contribution in [0.5, 0.6) is 0 Å². The van der Waals surface area contributed by atoms with Gasteiger partial charge in [-0.1, -0.05) is 0 Å². The van der Waals surface area contributed by atoms with Gasteiger partial charge in [-0.25, -0.2) is 9.37 Å². The second-order valence-corrected chi connectivity index (χ2v) is 6.50. The Balaban J connectivity index is 2.04. The number of methoxy groups -OCH3 is 1. The summed E-state index contributed by atoms with van der Waals surface area (Å²) >= 11 is 0. The Morgan fingerprint density at radius 2 is 2.07 bits per heavy atom. The van der Waals surface area contributed by atoms with Gasteiger partial charge in [0.05, 0.1) is 18.5 Å². The first-order valence-corrected chi connectivity index (χ1v) is 8.99. The predicted molar refractivity (Wildman–Crippen MR) is 106 cm³/mol. The van der Waals surface area contributed by atoms with Crippen LogP contribution in [0.1, 0.15) is 19.4 Å². The van der Waals surface area contributed by atoms with E-state index in [1.807, 2.05) is 13.1 Å². The molecule has 0 saturated carbocycles. The highest BCUT2D eigenvalue weighted by Crippen LogP contribution is 2.33. The van der Waals surface area contributed by atoms with E-state index in [2.05, 4.69) is 21.5 Å². The summed E-state index contributed by atoms with van der Waals surface area (Å²) in [6, 6.07) is 11.6. The van der Waals surface area contributed by atoms with E-state index in [0.29, 0.717) is 17.9 Å². The molecule has 2 heterocycles. The van der Waals surface area contributed by atoms with Gasteiger partial charge in [0.2, 0.25) is 0 Å². The molecule has 3 aromatic rings. The first-order chi connectivity index (χ1) is 14.0. The molecule has 0 aliphatic rings. The molecule has 1 atom stereocenters. The SMILES string of the molecule is COCC(=O)Nc1cc(-c2cn(C(C)CC#N)nc2-c2ccc(F)cc2)ccn1. The van der Waals surface area contributed by atoms with E-state index in [0.717, 1.165) is 16.7 Å². The quantitative estimate of drug-likeness (QED) is 0.659. The van der Waals surface area contributed by atoms with E-state index >= 15 is 0 Å². The lowest BCUT2D eigenvalue weighted by atomic mass is 10.0. The fourth-order valence-corrected chi connectivity index (χ4v) is 2.85. The van der Waals surface area contributed by atoms with Crippen molar-refractivity contribution in [2.24, 2.45) is 0 Å². The first kappa shape index (κ1) is 20.2. The van der Waals surface area contributed by atoms with Crippen molar-refractivity contribution < 1.29 is 13.9 Å². The lowest BCUT2D eigenvalue weighted by Gasteiger charge is -2.07. The maximum atomic E-state index is 13.4. The molecule has 0 fully saturated rings. The summed E-state index contributed by atoms with van der Waals surface area (Å²) in [6.45, 7) is 1.83. The molecule has 0 spiro atoms. The van der Waals surface area contributed by atoms with E-state index in [1.54, 1.807) is 35.1 Å². The summed E-state index contributed by atoms with van der Waals surface area (Å²) in [5.74, 6) is -0.263. The molecule has 0 bridgehead atoms. The van der Waals surface area contributed by atoms with Gasteiger partial charge in [0.15, 0.2) is 0 Å². The lowest BCUT2D eigenvalue weighted by Crippen LogP contribution is -2.17. The third-order valence-electron chi connectivity index (χ3n) is 4.30. The minimum Gasteiger partial charge on any atom is -0.375 e. The Morgan fingerprint density at radius 3 is 2.76 bits per heavy atom. The number of aromatic nitrogens is 3. The number of amides is 1. The van der Waals surface area contributed by atoms with Crippen molar-refractivity contribution in [3.63, 3.8) is 0 Å². The minimum atomic E-state index is -0.334. The van der Waals surface area contributed by atoms with Crippen molar-refractivity contribution in [1.82, 2.24) is 14.8 Å². The van der Waals surface area contributed by atoms with E-state index in [-0.39, 0.29) is 24.4 Å². The van der Waals surface area contributed by atoms with Gasteiger partial charge in [-0.2, -0.15) is 10.4 Å². The Kier molecular flexibility index (Phi) is 6.32. The van der Waals surface area contributed by atoms with Crippen molar-refractivity contribution in [3.05, 3.63) is 54.6 Å². The van der Waals surface area contributed by atoms with Crippen LogP contribution in [0.2, 0.25) is 0 Å². The number of benzene rings is 1. The minimum absolute atomic E-state index is 0.0731. The van der Waals surface area contributed by atoms with Crippen LogP contribution >= 0.6 is 0 Å². The van der Waals surface area contributed by atoms with Gasteiger partial charge in [-0.3, -0.25) is 9.48 Å². The number of nitriles is 1. The standard InChI is InChI=1S/C21H20FN5O2/c1-14(7-9-23)27-12-18(21(26-27)15-3-5-17(22)6-4-15)16-8-10-24-19(11-16)25-20(28)13-29-2/h3-6,8,10-12,14H,7,13H2,1-2H3,(H,24,25,28). The molecule has 2 aromatic heterocycles. The molecular weight excluding hydrogens is 373 g/mol. The predicted octanol–water partition coefficient (Wildman–Crippen LogP) is 3.81. The van der Waals surface area contributed by atoms with Crippen LogP contribution in [0.15, 0.2) is 48.8 Å². The highest BCUT2D eigenvalue weighted by atomic mass is 19.1. The average Bonchev–Trinajstić information content (AvgIpc) is 3.15. The largest absolute Gasteiger partial charge is 0.375 e. The zero-order valence-electron chi connectivity index (χ0n) is 16.1. The second-order valence-electron chi connectivity index (χ2n) is 6.50. The number of rotatable bonds is 7. The zero-order valence-corrected chi connectivity index (χ0v) is 16.1. The van der Waals surface area contributed by atoms with Crippen LogP contribution in [-0.2, 0) is 9.53 Å². The molecule has 0 aliphatic carbocycles. The Labute approximate surface area is 167 Å². The highest BCUT2D eigenvalue weighted by Gasteiger charge is 2.17. The number of carbonyl (C=O) groups excluding carboxylic acids is 1. The maximum Gasteiger partial charge on any atom is 0.251 e. The molecule has 148 valence electrons. The van der Waals surface area contributed by atoms with Gasteiger partial charge in [-0.05, 0) is 48.9 Å². The van der Waals surface area contributed by atoms with Crippen LogP contribution < -0.4 is 5.32 Å². The number of carbonyl (C=O) groups is 1. The Morgan fingerprint density at radius 1 is 1.31 bits per heavy atom. The molecular formula is C21H20FN5O2. The van der Waals surface area contributed by atoms with Gasteiger partial charge in [0.25, 0.3) is 5.91 Å². The highest BCUT2D eigenvalue weighted by molar-refractivity contribution is 5.91. The van der Waals surface area contributed by atoms with E-state index in [9.17, 15) is 9.18 Å². The summed E-state index contributed by atoms with van der Waals surface area (Å²) in [5.41, 5.74) is 2.95. The Bertz CT molecular complexity index is 1040. The van der Waals surface area contributed by atoms with Crippen molar-refractivity contribution in [2.75, 3.05) is 19.0 Å². The van der Waals surface area contributed by atoms with Crippen molar-refractivity contribution >= 4 is 11.7 Å².